The zero-order valence-corrected chi connectivity index (χ0v) is 6.73. The van der Waals surface area contributed by atoms with E-state index in [-0.39, 0.29) is 0 Å². The molecule has 0 saturated heterocycles. The Bertz CT molecular complexity index is 196. The SMILES string of the molecule is CC(=O)ON(CC(=O)O)C(C)=O. The van der Waals surface area contributed by atoms with E-state index in [1.54, 1.807) is 0 Å². The van der Waals surface area contributed by atoms with Crippen molar-refractivity contribution in [2.24, 2.45) is 0 Å². The van der Waals surface area contributed by atoms with Gasteiger partial charge in [-0.05, 0) is 0 Å². The van der Waals surface area contributed by atoms with Gasteiger partial charge in [0.15, 0.2) is 6.54 Å². The minimum Gasteiger partial charge on any atom is -0.480 e. The first-order valence-corrected chi connectivity index (χ1v) is 3.12. The second-order valence-electron chi connectivity index (χ2n) is 2.03. The number of rotatable bonds is 2. The third-order valence-electron chi connectivity index (χ3n) is 0.869. The fourth-order valence-corrected chi connectivity index (χ4v) is 0.486. The number of hydrogen-bond acceptors (Lipinski definition) is 4. The summed E-state index contributed by atoms with van der Waals surface area (Å²) in [5, 5.41) is 8.74. The van der Waals surface area contributed by atoms with Crippen molar-refractivity contribution in [2.45, 2.75) is 13.8 Å². The van der Waals surface area contributed by atoms with Crippen molar-refractivity contribution in [1.29, 1.82) is 0 Å². The standard InChI is InChI=1S/C6H9NO5/c1-4(8)7(3-6(10)11)12-5(2)9/h3H2,1-2H3,(H,10,11). The van der Waals surface area contributed by atoms with Crippen molar-refractivity contribution in [2.75, 3.05) is 6.54 Å². The second-order valence-corrected chi connectivity index (χ2v) is 2.03. The first-order valence-electron chi connectivity index (χ1n) is 3.12. The van der Waals surface area contributed by atoms with Crippen LogP contribution in [0.5, 0.6) is 0 Å². The maximum absolute atomic E-state index is 10.6. The number of hydrogen-bond donors (Lipinski definition) is 1. The van der Waals surface area contributed by atoms with Gasteiger partial charge in [0.2, 0.25) is 0 Å². The van der Waals surface area contributed by atoms with Crippen LogP contribution in [-0.4, -0.2) is 34.6 Å². The van der Waals surface area contributed by atoms with Gasteiger partial charge in [-0.3, -0.25) is 14.4 Å². The molecule has 0 aliphatic heterocycles. The van der Waals surface area contributed by atoms with Gasteiger partial charge in [-0.1, -0.05) is 0 Å². The van der Waals surface area contributed by atoms with Crippen LogP contribution in [0.25, 0.3) is 0 Å². The van der Waals surface area contributed by atoms with Crippen molar-refractivity contribution >= 4 is 17.8 Å². The fourth-order valence-electron chi connectivity index (χ4n) is 0.486. The Labute approximate surface area is 68.7 Å². The van der Waals surface area contributed by atoms with Gasteiger partial charge in [-0.25, -0.2) is 0 Å². The molecule has 68 valence electrons. The molecule has 0 spiro atoms. The summed E-state index contributed by atoms with van der Waals surface area (Å²) in [6.07, 6.45) is 0. The molecule has 0 radical (unpaired) electrons. The van der Waals surface area contributed by atoms with E-state index in [9.17, 15) is 14.4 Å². The topological polar surface area (TPSA) is 83.9 Å². The molecule has 0 aliphatic rings. The van der Waals surface area contributed by atoms with Crippen molar-refractivity contribution in [1.82, 2.24) is 5.06 Å². The van der Waals surface area contributed by atoms with Gasteiger partial charge in [0.05, 0.1) is 0 Å². The predicted octanol–water partition coefficient (Wildman–Crippen LogP) is -0.602. The Morgan fingerprint density at radius 3 is 2.08 bits per heavy atom. The molecule has 0 aromatic heterocycles. The second kappa shape index (κ2) is 4.32. The molecule has 0 saturated carbocycles. The monoisotopic (exact) mass is 175 g/mol. The third-order valence-corrected chi connectivity index (χ3v) is 0.869. The molecular formula is C6H9NO5. The highest BCUT2D eigenvalue weighted by atomic mass is 16.7. The van der Waals surface area contributed by atoms with Crippen LogP contribution in [0.15, 0.2) is 0 Å². The van der Waals surface area contributed by atoms with Crippen LogP contribution < -0.4 is 0 Å². The van der Waals surface area contributed by atoms with Gasteiger partial charge >= 0.3 is 11.9 Å². The number of hydroxylamine groups is 2. The van der Waals surface area contributed by atoms with Crippen LogP contribution >= 0.6 is 0 Å². The summed E-state index contributed by atoms with van der Waals surface area (Å²) in [4.78, 5) is 35.3. The molecule has 0 rings (SSSR count). The molecule has 6 heteroatoms. The summed E-state index contributed by atoms with van der Waals surface area (Å²) in [7, 11) is 0. The average Bonchev–Trinajstić information content (AvgIpc) is 1.83. The van der Waals surface area contributed by atoms with Gasteiger partial charge in [0.1, 0.15) is 0 Å². The van der Waals surface area contributed by atoms with E-state index in [0.717, 1.165) is 13.8 Å². The molecule has 1 amide bonds. The number of nitrogens with zero attached hydrogens (tertiary/aromatic N) is 1. The van der Waals surface area contributed by atoms with E-state index in [1.165, 1.54) is 0 Å². The van der Waals surface area contributed by atoms with Crippen LogP contribution in [0.4, 0.5) is 0 Å². The molecule has 0 fully saturated rings. The van der Waals surface area contributed by atoms with Crippen molar-refractivity contribution in [3.63, 3.8) is 0 Å². The molecule has 0 aromatic carbocycles. The zero-order chi connectivity index (χ0) is 9.72. The minimum absolute atomic E-state index is 0.477. The van der Waals surface area contributed by atoms with Gasteiger partial charge < -0.3 is 9.94 Å². The average molecular weight is 175 g/mol. The van der Waals surface area contributed by atoms with E-state index in [0.29, 0.717) is 5.06 Å². The van der Waals surface area contributed by atoms with E-state index in [4.69, 9.17) is 5.11 Å². The highest BCUT2D eigenvalue weighted by Crippen LogP contribution is 1.91. The van der Waals surface area contributed by atoms with Crippen LogP contribution in [-0.2, 0) is 19.2 Å². The first kappa shape index (κ1) is 10.4. The highest BCUT2D eigenvalue weighted by molar-refractivity contribution is 5.80. The lowest BCUT2D eigenvalue weighted by Crippen LogP contribution is -2.35. The highest BCUT2D eigenvalue weighted by Gasteiger charge is 2.15. The quantitative estimate of drug-likeness (QED) is 0.566. The zero-order valence-electron chi connectivity index (χ0n) is 6.73. The molecule has 12 heavy (non-hydrogen) atoms. The van der Waals surface area contributed by atoms with Crippen molar-refractivity contribution in [3.05, 3.63) is 0 Å². The maximum Gasteiger partial charge on any atom is 0.329 e. The predicted molar refractivity (Wildman–Crippen MR) is 36.8 cm³/mol. The number of carboxylic acids is 1. The molecule has 0 unspecified atom stereocenters. The molecule has 0 aliphatic carbocycles. The van der Waals surface area contributed by atoms with E-state index >= 15 is 0 Å². The Morgan fingerprint density at radius 1 is 1.33 bits per heavy atom. The lowest BCUT2D eigenvalue weighted by Gasteiger charge is -2.15. The summed E-state index contributed by atoms with van der Waals surface area (Å²) in [6, 6.07) is 0. The minimum atomic E-state index is -1.24. The van der Waals surface area contributed by atoms with E-state index in [2.05, 4.69) is 4.84 Å². The largest absolute Gasteiger partial charge is 0.480 e. The smallest absolute Gasteiger partial charge is 0.329 e. The number of carbonyl (C=O) groups excluding carboxylic acids is 2. The molecular weight excluding hydrogens is 166 g/mol. The summed E-state index contributed by atoms with van der Waals surface area (Å²) in [5.74, 6) is -2.61. The van der Waals surface area contributed by atoms with E-state index in [1.807, 2.05) is 0 Å². The van der Waals surface area contributed by atoms with Crippen LogP contribution in [0.1, 0.15) is 13.8 Å². The maximum atomic E-state index is 10.6. The van der Waals surface area contributed by atoms with E-state index < -0.39 is 24.4 Å². The fraction of sp³-hybridized carbons (Fsp3) is 0.500. The van der Waals surface area contributed by atoms with Gasteiger partial charge in [-0.15, -0.1) is 0 Å². The third kappa shape index (κ3) is 4.26. The molecule has 0 heterocycles. The van der Waals surface area contributed by atoms with Crippen LogP contribution in [0.3, 0.4) is 0 Å². The normalized spacial score (nSPS) is 8.83. The van der Waals surface area contributed by atoms with Crippen LogP contribution in [0, 0.1) is 0 Å². The Kier molecular flexibility index (Phi) is 3.75. The molecule has 0 bridgehead atoms. The number of carbonyl (C=O) groups is 3. The summed E-state index contributed by atoms with van der Waals surface area (Å²) >= 11 is 0. The summed E-state index contributed by atoms with van der Waals surface area (Å²) in [5.41, 5.74) is 0. The van der Waals surface area contributed by atoms with Gasteiger partial charge in [0.25, 0.3) is 5.91 Å². The first-order chi connectivity index (χ1) is 5.43. The Hall–Kier alpha value is -1.59. The summed E-state index contributed by atoms with van der Waals surface area (Å²) in [6.45, 7) is 1.54. The van der Waals surface area contributed by atoms with Crippen LogP contribution in [0.2, 0.25) is 0 Å². The number of amides is 1. The molecule has 6 nitrogen and oxygen atoms in total. The number of aliphatic carboxylic acids is 1. The lowest BCUT2D eigenvalue weighted by atomic mass is 10.6. The Balaban J connectivity index is 4.14. The van der Waals surface area contributed by atoms with Gasteiger partial charge in [-0.2, -0.15) is 5.06 Å². The molecule has 1 N–H and O–H groups in total. The van der Waals surface area contributed by atoms with Crippen molar-refractivity contribution in [3.8, 4) is 0 Å². The summed E-state index contributed by atoms with van der Waals surface area (Å²) < 4.78 is 0. The Morgan fingerprint density at radius 2 is 1.83 bits per heavy atom. The van der Waals surface area contributed by atoms with Gasteiger partial charge in [0, 0.05) is 13.8 Å². The molecule has 0 aromatic rings. The number of carboxylic acid groups (broad SMARTS) is 1. The molecule has 0 atom stereocenters. The van der Waals surface area contributed by atoms with Crippen molar-refractivity contribution < 1.29 is 24.3 Å². The lowest BCUT2D eigenvalue weighted by molar-refractivity contribution is -0.197.